The minimum atomic E-state index is -4.23. The lowest BCUT2D eigenvalue weighted by Crippen LogP contribution is -2.51. The number of nitrogens with one attached hydrogen (secondary N) is 1. The molecule has 0 fully saturated rings. The molecule has 0 bridgehead atoms. The van der Waals surface area contributed by atoms with E-state index in [9.17, 15) is 18.0 Å². The summed E-state index contributed by atoms with van der Waals surface area (Å²) in [6, 6.07) is 19.5. The van der Waals surface area contributed by atoms with Crippen LogP contribution in [0.3, 0.4) is 0 Å². The van der Waals surface area contributed by atoms with E-state index in [-0.39, 0.29) is 23.1 Å². The smallest absolute Gasteiger partial charge is 0.264 e. The van der Waals surface area contributed by atoms with Crippen LogP contribution in [-0.4, -0.2) is 58.5 Å². The minimum absolute atomic E-state index is 0.0672. The molecule has 10 heteroatoms. The Hall–Kier alpha value is -4.05. The summed E-state index contributed by atoms with van der Waals surface area (Å²) in [7, 11) is -1.35. The van der Waals surface area contributed by atoms with Gasteiger partial charge in [-0.2, -0.15) is 0 Å². The third kappa shape index (κ3) is 8.00. The Kier molecular flexibility index (Phi) is 11.2. The van der Waals surface area contributed by atoms with Crippen molar-refractivity contribution < 1.29 is 27.5 Å². The highest BCUT2D eigenvalue weighted by atomic mass is 32.2. The largest absolute Gasteiger partial charge is 0.493 e. The second-order valence-corrected chi connectivity index (χ2v) is 11.6. The van der Waals surface area contributed by atoms with E-state index in [1.807, 2.05) is 38.1 Å². The Morgan fingerprint density at radius 1 is 0.927 bits per heavy atom. The summed E-state index contributed by atoms with van der Waals surface area (Å²) in [5.41, 5.74) is 2.16. The molecule has 1 atom stereocenters. The molecule has 0 aliphatic heterocycles. The number of amides is 2. The van der Waals surface area contributed by atoms with Crippen LogP contribution in [0.2, 0.25) is 0 Å². The summed E-state index contributed by atoms with van der Waals surface area (Å²) in [5, 5.41) is 2.89. The van der Waals surface area contributed by atoms with E-state index in [1.54, 1.807) is 37.3 Å². The van der Waals surface area contributed by atoms with E-state index in [2.05, 4.69) is 5.32 Å². The second-order valence-electron chi connectivity index (χ2n) is 9.70. The highest BCUT2D eigenvalue weighted by molar-refractivity contribution is 7.92. The van der Waals surface area contributed by atoms with Gasteiger partial charge in [-0.25, -0.2) is 8.42 Å². The molecule has 0 heterocycles. The van der Waals surface area contributed by atoms with Crippen LogP contribution in [0.4, 0.5) is 5.69 Å². The van der Waals surface area contributed by atoms with Crippen LogP contribution in [0.1, 0.15) is 37.8 Å². The molecule has 1 N–H and O–H groups in total. The molecule has 0 spiro atoms. The monoisotopic (exact) mass is 581 g/mol. The summed E-state index contributed by atoms with van der Waals surface area (Å²) in [6.45, 7) is 5.76. The Bertz CT molecular complexity index is 1430. The van der Waals surface area contributed by atoms with Crippen molar-refractivity contribution in [2.45, 2.75) is 51.1 Å². The van der Waals surface area contributed by atoms with Crippen LogP contribution in [0.5, 0.6) is 11.5 Å². The Labute approximate surface area is 243 Å². The quantitative estimate of drug-likeness (QED) is 0.280. The topological polar surface area (TPSA) is 105 Å². The van der Waals surface area contributed by atoms with E-state index in [0.29, 0.717) is 18.0 Å². The van der Waals surface area contributed by atoms with Crippen LogP contribution in [0.15, 0.2) is 77.7 Å². The van der Waals surface area contributed by atoms with Crippen LogP contribution >= 0.6 is 0 Å². The van der Waals surface area contributed by atoms with Crippen LogP contribution in [0, 0.1) is 6.92 Å². The fourth-order valence-electron chi connectivity index (χ4n) is 4.35. The van der Waals surface area contributed by atoms with Crippen molar-refractivity contribution in [1.29, 1.82) is 0 Å². The number of rotatable bonds is 14. The Morgan fingerprint density at radius 3 is 2.27 bits per heavy atom. The normalized spacial score (nSPS) is 11.8. The number of unbranched alkanes of at least 4 members (excludes halogenated alkanes) is 1. The van der Waals surface area contributed by atoms with Crippen molar-refractivity contribution in [3.63, 3.8) is 0 Å². The standard InChI is InChI=1S/C31H39N3O6S/c1-6-7-18-32-31(36)24(3)33(21-25-13-11-12-23(2)19-25)30(35)22-34(26-14-9-8-10-15-26)41(37,38)27-16-17-28(39-4)29(20-27)40-5/h8-17,19-20,24H,6-7,18,21-22H2,1-5H3,(H,32,36). The van der Waals surface area contributed by atoms with Gasteiger partial charge in [0, 0.05) is 19.2 Å². The van der Waals surface area contributed by atoms with Crippen molar-refractivity contribution >= 4 is 27.5 Å². The van der Waals surface area contributed by atoms with Crippen molar-refractivity contribution in [2.24, 2.45) is 0 Å². The molecule has 3 rings (SSSR count). The van der Waals surface area contributed by atoms with Gasteiger partial charge >= 0.3 is 0 Å². The number of benzene rings is 3. The molecule has 41 heavy (non-hydrogen) atoms. The van der Waals surface area contributed by atoms with Gasteiger partial charge in [-0.1, -0.05) is 61.4 Å². The SMILES string of the molecule is CCCCNC(=O)C(C)N(Cc1cccc(C)c1)C(=O)CN(c1ccccc1)S(=O)(=O)c1ccc(OC)c(OC)c1. The Morgan fingerprint density at radius 2 is 1.63 bits per heavy atom. The summed E-state index contributed by atoms with van der Waals surface area (Å²) < 4.78 is 39.7. The number of nitrogens with zero attached hydrogens (tertiary/aromatic N) is 2. The first-order valence-corrected chi connectivity index (χ1v) is 15.0. The van der Waals surface area contributed by atoms with E-state index < -0.39 is 28.5 Å². The summed E-state index contributed by atoms with van der Waals surface area (Å²) in [4.78, 5) is 28.4. The fraction of sp³-hybridized carbons (Fsp3) is 0.355. The molecule has 0 aromatic heterocycles. The molecular formula is C31H39N3O6S. The minimum Gasteiger partial charge on any atom is -0.493 e. The first-order valence-electron chi connectivity index (χ1n) is 13.5. The highest BCUT2D eigenvalue weighted by Crippen LogP contribution is 2.32. The number of para-hydroxylation sites is 1. The molecule has 0 saturated carbocycles. The predicted octanol–water partition coefficient (Wildman–Crippen LogP) is 4.54. The first kappa shape index (κ1) is 31.5. The van der Waals surface area contributed by atoms with E-state index >= 15 is 0 Å². The average Bonchev–Trinajstić information content (AvgIpc) is 2.98. The van der Waals surface area contributed by atoms with Gasteiger partial charge in [0.05, 0.1) is 24.8 Å². The van der Waals surface area contributed by atoms with E-state index in [4.69, 9.17) is 9.47 Å². The third-order valence-corrected chi connectivity index (χ3v) is 8.47. The Balaban J connectivity index is 2.01. The number of sulfonamides is 1. The molecule has 2 amide bonds. The van der Waals surface area contributed by atoms with Gasteiger partial charge in [0.15, 0.2) is 11.5 Å². The predicted molar refractivity (Wildman–Crippen MR) is 160 cm³/mol. The second kappa shape index (κ2) is 14.5. The van der Waals surface area contributed by atoms with Gasteiger partial charge < -0.3 is 19.7 Å². The zero-order chi connectivity index (χ0) is 30.0. The number of carbonyl (C=O) groups is 2. The lowest BCUT2D eigenvalue weighted by atomic mass is 10.1. The van der Waals surface area contributed by atoms with Gasteiger partial charge in [0.2, 0.25) is 11.8 Å². The summed E-state index contributed by atoms with van der Waals surface area (Å²) in [5.74, 6) is -0.196. The van der Waals surface area contributed by atoms with Gasteiger partial charge in [-0.3, -0.25) is 13.9 Å². The van der Waals surface area contributed by atoms with Crippen LogP contribution < -0.4 is 19.1 Å². The number of hydrogen-bond donors (Lipinski definition) is 1. The molecule has 1 unspecified atom stereocenters. The van der Waals surface area contributed by atoms with E-state index in [1.165, 1.54) is 37.3 Å². The van der Waals surface area contributed by atoms with Gasteiger partial charge in [-0.15, -0.1) is 0 Å². The third-order valence-electron chi connectivity index (χ3n) is 6.70. The van der Waals surface area contributed by atoms with Gasteiger partial charge in [0.1, 0.15) is 12.6 Å². The molecule has 0 aliphatic rings. The average molecular weight is 582 g/mol. The molecular weight excluding hydrogens is 542 g/mol. The van der Waals surface area contributed by atoms with Crippen molar-refractivity contribution in [2.75, 3.05) is 31.6 Å². The molecule has 3 aromatic rings. The maximum Gasteiger partial charge on any atom is 0.264 e. The van der Waals surface area contributed by atoms with Crippen molar-refractivity contribution in [1.82, 2.24) is 10.2 Å². The van der Waals surface area contributed by atoms with Crippen molar-refractivity contribution in [3.8, 4) is 11.5 Å². The number of hydrogen-bond acceptors (Lipinski definition) is 6. The zero-order valence-corrected chi connectivity index (χ0v) is 25.1. The summed E-state index contributed by atoms with van der Waals surface area (Å²) >= 11 is 0. The number of ether oxygens (including phenoxy) is 2. The molecule has 220 valence electrons. The highest BCUT2D eigenvalue weighted by Gasteiger charge is 2.33. The number of aryl methyl sites for hydroxylation is 1. The lowest BCUT2D eigenvalue weighted by molar-refractivity contribution is -0.139. The fourth-order valence-corrected chi connectivity index (χ4v) is 5.78. The molecule has 0 aliphatic carbocycles. The van der Waals surface area contributed by atoms with Crippen LogP contribution in [0.25, 0.3) is 0 Å². The van der Waals surface area contributed by atoms with Crippen LogP contribution in [-0.2, 0) is 26.2 Å². The maximum absolute atomic E-state index is 14.0. The van der Waals surface area contributed by atoms with Gasteiger partial charge in [-0.05, 0) is 50.1 Å². The molecule has 0 radical (unpaired) electrons. The van der Waals surface area contributed by atoms with E-state index in [0.717, 1.165) is 28.3 Å². The number of carbonyl (C=O) groups excluding carboxylic acids is 2. The number of anilines is 1. The molecule has 0 saturated heterocycles. The maximum atomic E-state index is 14.0. The summed E-state index contributed by atoms with van der Waals surface area (Å²) in [6.07, 6.45) is 1.73. The molecule has 9 nitrogen and oxygen atoms in total. The van der Waals surface area contributed by atoms with Crippen molar-refractivity contribution in [3.05, 3.63) is 83.9 Å². The lowest BCUT2D eigenvalue weighted by Gasteiger charge is -2.32. The zero-order valence-electron chi connectivity index (χ0n) is 24.3. The van der Waals surface area contributed by atoms with Gasteiger partial charge in [0.25, 0.3) is 10.0 Å². The first-order chi connectivity index (χ1) is 19.6. The molecule has 3 aromatic carbocycles. The number of methoxy groups -OCH3 is 2.